The molecule has 0 atom stereocenters. The summed E-state index contributed by atoms with van der Waals surface area (Å²) in [4.78, 5) is 15.9. The van der Waals surface area contributed by atoms with Crippen LogP contribution < -0.4 is 4.84 Å². The molecule has 0 amide bonds. The van der Waals surface area contributed by atoms with Crippen molar-refractivity contribution in [2.45, 2.75) is 6.92 Å². The Morgan fingerprint density at radius 3 is 2.87 bits per heavy atom. The maximum Gasteiger partial charge on any atom is 0.533 e. The number of aromatic nitrogens is 1. The van der Waals surface area contributed by atoms with Gasteiger partial charge in [-0.15, -0.1) is 0 Å². The first kappa shape index (κ1) is 9.58. The van der Waals surface area contributed by atoms with Crippen LogP contribution in [0.2, 0.25) is 0 Å². The summed E-state index contributed by atoms with van der Waals surface area (Å²) in [7, 11) is 1.28. The monoisotopic (exact) mass is 205 g/mol. The van der Waals surface area contributed by atoms with E-state index in [0.717, 1.165) is 16.5 Å². The molecular weight excluding hydrogens is 194 g/mol. The van der Waals surface area contributed by atoms with Crippen molar-refractivity contribution in [3.05, 3.63) is 36.0 Å². The highest BCUT2D eigenvalue weighted by atomic mass is 16.8. The van der Waals surface area contributed by atoms with Gasteiger partial charge in [-0.3, -0.25) is 0 Å². The van der Waals surface area contributed by atoms with Gasteiger partial charge >= 0.3 is 6.16 Å². The lowest BCUT2D eigenvalue weighted by Crippen LogP contribution is -2.18. The number of hydrogen-bond acceptors (Lipinski definition) is 3. The van der Waals surface area contributed by atoms with Crippen LogP contribution in [0.25, 0.3) is 10.9 Å². The molecule has 0 unspecified atom stereocenters. The second-order valence-corrected chi connectivity index (χ2v) is 3.20. The Bertz CT molecular complexity index is 502. The number of methoxy groups -OCH3 is 1. The third kappa shape index (κ3) is 1.66. The molecule has 15 heavy (non-hydrogen) atoms. The standard InChI is InChI=1S/C11H11NO3/c1-8-4-3-5-9-6-7-12(10(8)9)15-11(13)14-2/h3-7H,1-2H3. The Labute approximate surface area is 87.0 Å². The van der Waals surface area contributed by atoms with Crippen LogP contribution in [0.5, 0.6) is 0 Å². The average Bonchev–Trinajstić information content (AvgIpc) is 2.63. The molecule has 0 radical (unpaired) electrons. The lowest BCUT2D eigenvalue weighted by molar-refractivity contribution is 0.0681. The van der Waals surface area contributed by atoms with Gasteiger partial charge in [0.25, 0.3) is 0 Å². The number of hydrogen-bond donors (Lipinski definition) is 0. The maximum atomic E-state index is 11.0. The van der Waals surface area contributed by atoms with Gasteiger partial charge < -0.3 is 9.57 Å². The van der Waals surface area contributed by atoms with Gasteiger partial charge in [-0.05, 0) is 18.6 Å². The maximum absolute atomic E-state index is 11.0. The van der Waals surface area contributed by atoms with Crippen LogP contribution in [0, 0.1) is 6.92 Å². The molecule has 0 aliphatic carbocycles. The summed E-state index contributed by atoms with van der Waals surface area (Å²) in [6.45, 7) is 1.96. The molecular formula is C11H11NO3. The molecule has 4 nitrogen and oxygen atoms in total. The smallest absolute Gasteiger partial charge is 0.436 e. The Kier molecular flexibility index (Phi) is 2.33. The zero-order valence-corrected chi connectivity index (χ0v) is 8.56. The van der Waals surface area contributed by atoms with Crippen molar-refractivity contribution in [3.8, 4) is 0 Å². The minimum Gasteiger partial charge on any atom is -0.436 e. The van der Waals surface area contributed by atoms with Gasteiger partial charge in [0, 0.05) is 11.6 Å². The first-order chi connectivity index (χ1) is 7.22. The Balaban J connectivity index is 2.48. The van der Waals surface area contributed by atoms with E-state index in [4.69, 9.17) is 4.84 Å². The number of carbonyl (C=O) groups is 1. The van der Waals surface area contributed by atoms with E-state index in [9.17, 15) is 4.79 Å². The second kappa shape index (κ2) is 3.65. The fourth-order valence-electron chi connectivity index (χ4n) is 1.53. The number of ether oxygens (including phenoxy) is 1. The molecule has 2 rings (SSSR count). The molecule has 0 saturated carbocycles. The van der Waals surface area contributed by atoms with Crippen LogP contribution in [-0.2, 0) is 4.74 Å². The van der Waals surface area contributed by atoms with Crippen molar-refractivity contribution >= 4 is 17.1 Å². The van der Waals surface area contributed by atoms with Gasteiger partial charge in [0.15, 0.2) is 0 Å². The predicted octanol–water partition coefficient (Wildman–Crippen LogP) is 2.14. The number of fused-ring (bicyclic) bond motifs is 1. The molecule has 0 bridgehead atoms. The zero-order chi connectivity index (χ0) is 10.8. The van der Waals surface area contributed by atoms with Gasteiger partial charge in [-0.25, -0.2) is 4.79 Å². The summed E-state index contributed by atoms with van der Waals surface area (Å²) < 4.78 is 5.84. The normalized spacial score (nSPS) is 10.3. The Morgan fingerprint density at radius 2 is 2.13 bits per heavy atom. The van der Waals surface area contributed by atoms with Crippen LogP contribution in [0.3, 0.4) is 0 Å². The Morgan fingerprint density at radius 1 is 1.33 bits per heavy atom. The molecule has 1 aromatic heterocycles. The Hall–Kier alpha value is -1.97. The predicted molar refractivity (Wildman–Crippen MR) is 55.7 cm³/mol. The topological polar surface area (TPSA) is 40.5 Å². The summed E-state index contributed by atoms with van der Waals surface area (Å²) in [5.74, 6) is 0. The molecule has 0 fully saturated rings. The fourth-order valence-corrected chi connectivity index (χ4v) is 1.53. The summed E-state index contributed by atoms with van der Waals surface area (Å²) in [5.41, 5.74) is 1.92. The van der Waals surface area contributed by atoms with Crippen molar-refractivity contribution in [3.63, 3.8) is 0 Å². The van der Waals surface area contributed by atoms with Gasteiger partial charge in [-0.1, -0.05) is 18.2 Å². The van der Waals surface area contributed by atoms with E-state index >= 15 is 0 Å². The highest BCUT2D eigenvalue weighted by Gasteiger charge is 2.08. The van der Waals surface area contributed by atoms with Crippen LogP contribution >= 0.6 is 0 Å². The van der Waals surface area contributed by atoms with Gasteiger partial charge in [0.2, 0.25) is 0 Å². The molecule has 0 spiro atoms. The van der Waals surface area contributed by atoms with Crippen LogP contribution in [0.1, 0.15) is 5.56 Å². The molecule has 0 N–H and O–H groups in total. The van der Waals surface area contributed by atoms with Gasteiger partial charge in [0.05, 0.1) is 12.6 Å². The number of aryl methyl sites for hydroxylation is 1. The zero-order valence-electron chi connectivity index (χ0n) is 8.56. The molecule has 0 aliphatic heterocycles. The minimum absolute atomic E-state index is 0.726. The lowest BCUT2D eigenvalue weighted by atomic mass is 10.2. The van der Waals surface area contributed by atoms with E-state index in [0.29, 0.717) is 0 Å². The third-order valence-corrected chi connectivity index (χ3v) is 2.22. The first-order valence-corrected chi connectivity index (χ1v) is 4.55. The summed E-state index contributed by atoms with van der Waals surface area (Å²) >= 11 is 0. The molecule has 4 heteroatoms. The van der Waals surface area contributed by atoms with Crippen molar-refractivity contribution in [2.75, 3.05) is 7.11 Å². The summed E-state index contributed by atoms with van der Waals surface area (Å²) in [5, 5.41) is 1.03. The minimum atomic E-state index is -0.726. The SMILES string of the molecule is COC(=O)On1ccc2cccc(C)c21. The average molecular weight is 205 g/mol. The van der Waals surface area contributed by atoms with E-state index in [1.54, 1.807) is 6.20 Å². The third-order valence-electron chi connectivity index (χ3n) is 2.22. The van der Waals surface area contributed by atoms with E-state index in [1.165, 1.54) is 11.8 Å². The van der Waals surface area contributed by atoms with Crippen molar-refractivity contribution in [1.82, 2.24) is 4.73 Å². The fraction of sp³-hybridized carbons (Fsp3) is 0.182. The number of benzene rings is 1. The lowest BCUT2D eigenvalue weighted by Gasteiger charge is -2.05. The molecule has 1 heterocycles. The number of carbonyl (C=O) groups excluding carboxylic acids is 1. The molecule has 1 aromatic carbocycles. The van der Waals surface area contributed by atoms with Crippen LogP contribution in [0.15, 0.2) is 30.5 Å². The van der Waals surface area contributed by atoms with Crippen LogP contribution in [-0.4, -0.2) is 18.0 Å². The van der Waals surface area contributed by atoms with E-state index in [1.807, 2.05) is 31.2 Å². The van der Waals surface area contributed by atoms with E-state index in [2.05, 4.69) is 4.74 Å². The highest BCUT2D eigenvalue weighted by Crippen LogP contribution is 2.18. The summed E-state index contributed by atoms with van der Waals surface area (Å²) in [6, 6.07) is 7.75. The summed E-state index contributed by atoms with van der Waals surface area (Å²) in [6.07, 6.45) is 0.963. The van der Waals surface area contributed by atoms with Crippen LogP contribution in [0.4, 0.5) is 4.79 Å². The van der Waals surface area contributed by atoms with Crippen molar-refractivity contribution in [2.24, 2.45) is 0 Å². The van der Waals surface area contributed by atoms with Gasteiger partial charge in [-0.2, -0.15) is 4.73 Å². The number of rotatable bonds is 1. The molecule has 0 saturated heterocycles. The molecule has 78 valence electrons. The number of nitrogens with zero attached hydrogens (tertiary/aromatic N) is 1. The largest absolute Gasteiger partial charge is 0.533 e. The van der Waals surface area contributed by atoms with E-state index < -0.39 is 6.16 Å². The second-order valence-electron chi connectivity index (χ2n) is 3.20. The quantitative estimate of drug-likeness (QED) is 0.670. The first-order valence-electron chi connectivity index (χ1n) is 4.55. The molecule has 0 aliphatic rings. The molecule has 2 aromatic rings. The number of para-hydroxylation sites is 1. The van der Waals surface area contributed by atoms with E-state index in [-0.39, 0.29) is 0 Å². The highest BCUT2D eigenvalue weighted by molar-refractivity contribution is 5.83. The van der Waals surface area contributed by atoms with Crippen molar-refractivity contribution in [1.29, 1.82) is 0 Å². The van der Waals surface area contributed by atoms with Crippen molar-refractivity contribution < 1.29 is 14.4 Å². The van der Waals surface area contributed by atoms with Gasteiger partial charge in [0.1, 0.15) is 0 Å².